The van der Waals surface area contributed by atoms with Gasteiger partial charge in [0.1, 0.15) is 17.6 Å². The molecule has 240 valence electrons. The highest BCUT2D eigenvalue weighted by molar-refractivity contribution is 7.92. The molecule has 8 nitrogen and oxygen atoms in total. The van der Waals surface area contributed by atoms with Gasteiger partial charge < -0.3 is 15.0 Å². The van der Waals surface area contributed by atoms with Crippen LogP contribution in [0.15, 0.2) is 138 Å². The molecule has 0 aliphatic heterocycles. The summed E-state index contributed by atoms with van der Waals surface area (Å²) in [4.78, 5) is 29.1. The van der Waals surface area contributed by atoms with Gasteiger partial charge in [0.15, 0.2) is 6.61 Å². The SMILES string of the molecule is O=C(NCc1ccccc1)[C@H](c1ccccc1)N(Cc1ccc(Cl)cc1)C(=O)COc1ccc(S(=O)(=O)Nc2ccc(F)cc2)cc1. The number of halogens is 2. The van der Waals surface area contributed by atoms with Crippen molar-refractivity contribution in [3.8, 4) is 5.75 Å². The molecule has 47 heavy (non-hydrogen) atoms. The minimum Gasteiger partial charge on any atom is -0.484 e. The summed E-state index contributed by atoms with van der Waals surface area (Å²) in [5.41, 5.74) is 2.48. The first-order valence-corrected chi connectivity index (χ1v) is 16.5. The van der Waals surface area contributed by atoms with Gasteiger partial charge in [0, 0.05) is 23.8 Å². The van der Waals surface area contributed by atoms with Gasteiger partial charge in [0.05, 0.1) is 4.90 Å². The van der Waals surface area contributed by atoms with Crippen LogP contribution >= 0.6 is 11.6 Å². The van der Waals surface area contributed by atoms with E-state index in [0.29, 0.717) is 10.6 Å². The number of benzene rings is 5. The number of hydrogen-bond donors (Lipinski definition) is 2. The lowest BCUT2D eigenvalue weighted by molar-refractivity contribution is -0.143. The molecule has 0 saturated carbocycles. The lowest BCUT2D eigenvalue weighted by atomic mass is 10.0. The number of ether oxygens (including phenoxy) is 1. The van der Waals surface area contributed by atoms with Gasteiger partial charge in [0.2, 0.25) is 5.91 Å². The van der Waals surface area contributed by atoms with Crippen molar-refractivity contribution in [2.24, 2.45) is 0 Å². The van der Waals surface area contributed by atoms with E-state index >= 15 is 0 Å². The maximum Gasteiger partial charge on any atom is 0.261 e. The summed E-state index contributed by atoms with van der Waals surface area (Å²) >= 11 is 6.10. The smallest absolute Gasteiger partial charge is 0.261 e. The van der Waals surface area contributed by atoms with Crippen molar-refractivity contribution in [2.45, 2.75) is 24.0 Å². The summed E-state index contributed by atoms with van der Waals surface area (Å²) in [7, 11) is -3.96. The quantitative estimate of drug-likeness (QED) is 0.144. The predicted molar refractivity (Wildman–Crippen MR) is 179 cm³/mol. The Morgan fingerprint density at radius 2 is 1.38 bits per heavy atom. The zero-order valence-electron chi connectivity index (χ0n) is 25.1. The Morgan fingerprint density at radius 1 is 0.766 bits per heavy atom. The lowest BCUT2D eigenvalue weighted by Gasteiger charge is -2.31. The molecule has 0 radical (unpaired) electrons. The van der Waals surface area contributed by atoms with Gasteiger partial charge in [-0.2, -0.15) is 0 Å². The Hall–Kier alpha value is -5.19. The summed E-state index contributed by atoms with van der Waals surface area (Å²) in [6.45, 7) is -0.0690. The molecule has 0 aliphatic rings. The summed E-state index contributed by atoms with van der Waals surface area (Å²) in [5, 5.41) is 3.50. The number of hydrogen-bond acceptors (Lipinski definition) is 5. The van der Waals surface area contributed by atoms with Gasteiger partial charge >= 0.3 is 0 Å². The molecule has 5 aromatic rings. The molecule has 0 fully saturated rings. The second-order valence-corrected chi connectivity index (χ2v) is 12.7. The number of carbonyl (C=O) groups excluding carboxylic acids is 2. The highest BCUT2D eigenvalue weighted by atomic mass is 35.5. The van der Waals surface area contributed by atoms with E-state index in [1.807, 2.05) is 36.4 Å². The van der Waals surface area contributed by atoms with E-state index < -0.39 is 34.4 Å². The fraction of sp³-hybridized carbons (Fsp3) is 0.111. The zero-order chi connectivity index (χ0) is 33.2. The molecule has 5 rings (SSSR count). The largest absolute Gasteiger partial charge is 0.484 e. The van der Waals surface area contributed by atoms with Gasteiger partial charge in [-0.25, -0.2) is 12.8 Å². The Kier molecular flexibility index (Phi) is 10.9. The second-order valence-electron chi connectivity index (χ2n) is 10.5. The van der Waals surface area contributed by atoms with Crippen molar-refractivity contribution < 1.29 is 27.1 Å². The zero-order valence-corrected chi connectivity index (χ0v) is 26.6. The van der Waals surface area contributed by atoms with E-state index in [1.165, 1.54) is 41.3 Å². The average molecular weight is 672 g/mol. The first-order valence-electron chi connectivity index (χ1n) is 14.6. The van der Waals surface area contributed by atoms with Crippen LogP contribution in [0.1, 0.15) is 22.7 Å². The molecule has 1 atom stereocenters. The molecule has 0 heterocycles. The van der Waals surface area contributed by atoms with Crippen molar-refractivity contribution in [3.63, 3.8) is 0 Å². The number of nitrogens with one attached hydrogen (secondary N) is 2. The third-order valence-corrected chi connectivity index (χ3v) is 8.81. The number of rotatable bonds is 13. The average Bonchev–Trinajstić information content (AvgIpc) is 3.09. The summed E-state index contributed by atoms with van der Waals surface area (Å²) in [6.07, 6.45) is 0. The molecule has 11 heteroatoms. The van der Waals surface area contributed by atoms with E-state index in [9.17, 15) is 22.4 Å². The molecular formula is C36H31ClFN3O5S. The highest BCUT2D eigenvalue weighted by Crippen LogP contribution is 2.26. The normalized spacial score (nSPS) is 11.7. The van der Waals surface area contributed by atoms with Crippen LogP contribution in [0.2, 0.25) is 5.02 Å². The van der Waals surface area contributed by atoms with Crippen molar-refractivity contribution in [3.05, 3.63) is 161 Å². The van der Waals surface area contributed by atoms with Crippen LogP contribution in [0.4, 0.5) is 10.1 Å². The molecule has 0 aromatic heterocycles. The molecule has 0 saturated heterocycles. The van der Waals surface area contributed by atoms with Crippen LogP contribution in [0.25, 0.3) is 0 Å². The number of sulfonamides is 1. The van der Waals surface area contributed by atoms with Crippen molar-refractivity contribution in [1.82, 2.24) is 10.2 Å². The maximum absolute atomic E-state index is 13.9. The van der Waals surface area contributed by atoms with Crippen molar-refractivity contribution >= 4 is 39.1 Å². The Balaban J connectivity index is 1.35. The number of carbonyl (C=O) groups is 2. The van der Waals surface area contributed by atoms with Gasteiger partial charge in [-0.1, -0.05) is 84.4 Å². The van der Waals surface area contributed by atoms with Gasteiger partial charge in [-0.05, 0) is 77.4 Å². The third-order valence-electron chi connectivity index (χ3n) is 7.16. The standard InChI is InChI=1S/C36H31ClFN3O5S/c37-29-13-11-27(12-14-29)24-41(35(28-9-5-2-6-10-28)36(43)39-23-26-7-3-1-4-8-26)34(42)25-46-32-19-21-33(22-20-32)47(44,45)40-31-17-15-30(38)16-18-31/h1-22,35,40H,23-25H2,(H,39,43)/t35-/m0/s1. The molecule has 0 unspecified atom stereocenters. The minimum atomic E-state index is -3.96. The van der Waals surface area contributed by atoms with E-state index in [1.54, 1.807) is 48.5 Å². The Bertz CT molecular complexity index is 1890. The van der Waals surface area contributed by atoms with Crippen LogP contribution in [0.3, 0.4) is 0 Å². The van der Waals surface area contributed by atoms with Crippen LogP contribution in [0, 0.1) is 5.82 Å². The van der Waals surface area contributed by atoms with E-state index in [2.05, 4.69) is 10.0 Å². The predicted octanol–water partition coefficient (Wildman–Crippen LogP) is 6.75. The summed E-state index contributed by atoms with van der Waals surface area (Å²) in [5.74, 6) is -1.09. The fourth-order valence-electron chi connectivity index (χ4n) is 4.77. The van der Waals surface area contributed by atoms with Crippen LogP contribution in [-0.4, -0.2) is 31.7 Å². The van der Waals surface area contributed by atoms with Crippen LogP contribution in [0.5, 0.6) is 5.75 Å². The maximum atomic E-state index is 13.9. The van der Waals surface area contributed by atoms with Crippen LogP contribution in [-0.2, 0) is 32.7 Å². The molecular weight excluding hydrogens is 641 g/mol. The molecule has 2 N–H and O–H groups in total. The lowest BCUT2D eigenvalue weighted by Crippen LogP contribution is -2.45. The first-order chi connectivity index (χ1) is 22.7. The molecule has 0 bridgehead atoms. The van der Waals surface area contributed by atoms with E-state index in [-0.39, 0.29) is 35.3 Å². The summed E-state index contributed by atoms with van der Waals surface area (Å²) < 4.78 is 47.0. The highest BCUT2D eigenvalue weighted by Gasteiger charge is 2.32. The minimum absolute atomic E-state index is 0.0518. The Labute approximate surface area is 277 Å². The number of amides is 2. The second kappa shape index (κ2) is 15.4. The van der Waals surface area contributed by atoms with Crippen LogP contribution < -0.4 is 14.8 Å². The number of anilines is 1. The van der Waals surface area contributed by atoms with Gasteiger partial charge in [0.25, 0.3) is 15.9 Å². The molecule has 5 aromatic carbocycles. The van der Waals surface area contributed by atoms with Crippen molar-refractivity contribution in [1.29, 1.82) is 0 Å². The molecule has 0 spiro atoms. The summed E-state index contributed by atoms with van der Waals surface area (Å²) in [6, 6.07) is 34.9. The van der Waals surface area contributed by atoms with Gasteiger partial charge in [-0.15, -0.1) is 0 Å². The number of nitrogens with zero attached hydrogens (tertiary/aromatic N) is 1. The first kappa shape index (κ1) is 33.2. The molecule has 2 amide bonds. The van der Waals surface area contributed by atoms with E-state index in [4.69, 9.17) is 16.3 Å². The van der Waals surface area contributed by atoms with E-state index in [0.717, 1.165) is 23.3 Å². The third kappa shape index (κ3) is 9.18. The fourth-order valence-corrected chi connectivity index (χ4v) is 5.96. The molecule has 0 aliphatic carbocycles. The monoisotopic (exact) mass is 671 g/mol. The Morgan fingerprint density at radius 3 is 2.02 bits per heavy atom. The van der Waals surface area contributed by atoms with Crippen molar-refractivity contribution in [2.75, 3.05) is 11.3 Å². The topological polar surface area (TPSA) is 105 Å². The van der Waals surface area contributed by atoms with Gasteiger partial charge in [-0.3, -0.25) is 14.3 Å².